The largest absolute Gasteiger partial charge is 0.393 e. The van der Waals surface area contributed by atoms with Crippen LogP contribution in [0.1, 0.15) is 25.1 Å². The quantitative estimate of drug-likeness (QED) is 0.821. The molecule has 0 aliphatic carbocycles. The molecule has 1 fully saturated rings. The summed E-state index contributed by atoms with van der Waals surface area (Å²) in [6.45, 7) is 4.99. The van der Waals surface area contributed by atoms with Gasteiger partial charge in [0.15, 0.2) is 5.82 Å². The molecule has 1 N–H and O–H groups in total. The number of aliphatic hydroxyl groups excluding tert-OH is 1. The summed E-state index contributed by atoms with van der Waals surface area (Å²) < 4.78 is 5.21. The summed E-state index contributed by atoms with van der Waals surface area (Å²) >= 11 is 0. The van der Waals surface area contributed by atoms with Gasteiger partial charge in [-0.25, -0.2) is 0 Å². The number of aromatic nitrogens is 2. The Bertz CT molecular complexity index is 394. The molecular weight excluding hydrogens is 244 g/mol. The average molecular weight is 268 g/mol. The Hall–Kier alpha value is -0.980. The molecule has 1 saturated heterocycles. The summed E-state index contributed by atoms with van der Waals surface area (Å²) in [4.78, 5) is 9.09. The number of nitrogens with zero attached hydrogens (tertiary/aromatic N) is 4. The van der Waals surface area contributed by atoms with Gasteiger partial charge in [0, 0.05) is 38.5 Å². The molecule has 6 nitrogen and oxygen atoms in total. The van der Waals surface area contributed by atoms with Crippen molar-refractivity contribution in [2.24, 2.45) is 0 Å². The van der Waals surface area contributed by atoms with Crippen LogP contribution in [0.25, 0.3) is 0 Å². The maximum atomic E-state index is 9.24. The van der Waals surface area contributed by atoms with Gasteiger partial charge >= 0.3 is 0 Å². The van der Waals surface area contributed by atoms with Gasteiger partial charge in [0.2, 0.25) is 5.89 Å². The number of hydrogen-bond donors (Lipinski definition) is 1. The molecule has 2 rings (SSSR count). The maximum Gasteiger partial charge on any atom is 0.226 e. The molecule has 6 heteroatoms. The maximum absolute atomic E-state index is 9.24. The van der Waals surface area contributed by atoms with Crippen molar-refractivity contribution in [1.82, 2.24) is 19.9 Å². The van der Waals surface area contributed by atoms with Gasteiger partial charge in [-0.05, 0) is 27.4 Å². The fourth-order valence-electron chi connectivity index (χ4n) is 2.34. The van der Waals surface area contributed by atoms with E-state index in [1.54, 1.807) is 6.92 Å². The molecule has 1 aliphatic rings. The van der Waals surface area contributed by atoms with E-state index in [1.165, 1.54) is 0 Å². The van der Waals surface area contributed by atoms with Crippen molar-refractivity contribution in [1.29, 1.82) is 0 Å². The van der Waals surface area contributed by atoms with Crippen LogP contribution in [0.2, 0.25) is 0 Å². The second-order valence-corrected chi connectivity index (χ2v) is 5.59. The topological polar surface area (TPSA) is 65.6 Å². The molecule has 1 aromatic rings. The Morgan fingerprint density at radius 2 is 2.21 bits per heavy atom. The van der Waals surface area contributed by atoms with E-state index in [0.717, 1.165) is 31.9 Å². The van der Waals surface area contributed by atoms with E-state index in [-0.39, 0.29) is 6.10 Å². The zero-order valence-electron chi connectivity index (χ0n) is 12.0. The predicted octanol–water partition coefficient (Wildman–Crippen LogP) is 0.171. The fraction of sp³-hybridized carbons (Fsp3) is 0.846. The molecule has 2 heterocycles. The predicted molar refractivity (Wildman–Crippen MR) is 71.9 cm³/mol. The van der Waals surface area contributed by atoms with E-state index in [0.29, 0.717) is 24.8 Å². The normalized spacial score (nSPS) is 23.7. The minimum absolute atomic E-state index is 0.325. The smallest absolute Gasteiger partial charge is 0.226 e. The molecule has 19 heavy (non-hydrogen) atoms. The van der Waals surface area contributed by atoms with E-state index < -0.39 is 0 Å². The van der Waals surface area contributed by atoms with E-state index in [9.17, 15) is 5.11 Å². The number of rotatable bonds is 5. The molecule has 0 amide bonds. The molecule has 0 bridgehead atoms. The molecule has 0 radical (unpaired) electrons. The third kappa shape index (κ3) is 4.26. The monoisotopic (exact) mass is 268 g/mol. The van der Waals surface area contributed by atoms with Crippen LogP contribution in [-0.2, 0) is 12.8 Å². The van der Waals surface area contributed by atoms with E-state index >= 15 is 0 Å². The first-order valence-electron chi connectivity index (χ1n) is 6.93. The average Bonchev–Trinajstić information content (AvgIpc) is 2.79. The fourth-order valence-corrected chi connectivity index (χ4v) is 2.34. The molecule has 1 aromatic heterocycles. The first kappa shape index (κ1) is 14.4. The highest BCUT2D eigenvalue weighted by Crippen LogP contribution is 2.11. The highest BCUT2D eigenvalue weighted by atomic mass is 16.5. The third-order valence-electron chi connectivity index (χ3n) is 3.68. The number of likely N-dealkylation sites (N-methyl/N-ethyl adjacent to an activating group) is 2. The Morgan fingerprint density at radius 3 is 2.95 bits per heavy atom. The lowest BCUT2D eigenvalue weighted by atomic mass is 10.1. The van der Waals surface area contributed by atoms with Gasteiger partial charge < -0.3 is 19.4 Å². The van der Waals surface area contributed by atoms with Crippen molar-refractivity contribution in [3.63, 3.8) is 0 Å². The Balaban J connectivity index is 1.88. The summed E-state index contributed by atoms with van der Waals surface area (Å²) in [6.07, 6.45) is 1.80. The molecule has 0 saturated carbocycles. The van der Waals surface area contributed by atoms with Gasteiger partial charge in [-0.1, -0.05) is 5.16 Å². The van der Waals surface area contributed by atoms with Crippen molar-refractivity contribution < 1.29 is 9.63 Å². The molecule has 108 valence electrons. The number of hydrogen-bond acceptors (Lipinski definition) is 6. The number of aryl methyl sites for hydroxylation is 1. The Labute approximate surface area is 114 Å². The highest BCUT2D eigenvalue weighted by Gasteiger charge is 2.24. The van der Waals surface area contributed by atoms with Gasteiger partial charge in [0.25, 0.3) is 0 Å². The first-order valence-corrected chi connectivity index (χ1v) is 6.93. The molecule has 2 atom stereocenters. The molecule has 0 spiro atoms. The van der Waals surface area contributed by atoms with Gasteiger partial charge in [0.05, 0.1) is 6.10 Å². The van der Waals surface area contributed by atoms with Crippen LogP contribution in [0.15, 0.2) is 4.52 Å². The van der Waals surface area contributed by atoms with Crippen LogP contribution in [0.4, 0.5) is 0 Å². The van der Waals surface area contributed by atoms with Crippen LogP contribution >= 0.6 is 0 Å². The van der Waals surface area contributed by atoms with Crippen LogP contribution in [0.5, 0.6) is 0 Å². The second-order valence-electron chi connectivity index (χ2n) is 5.59. The van der Waals surface area contributed by atoms with Gasteiger partial charge in [0.1, 0.15) is 0 Å². The van der Waals surface area contributed by atoms with Crippen molar-refractivity contribution in [3.8, 4) is 0 Å². The van der Waals surface area contributed by atoms with Crippen LogP contribution < -0.4 is 0 Å². The minimum atomic E-state index is -0.325. The minimum Gasteiger partial charge on any atom is -0.393 e. The first-order chi connectivity index (χ1) is 9.04. The zero-order valence-corrected chi connectivity index (χ0v) is 12.0. The summed E-state index contributed by atoms with van der Waals surface area (Å²) in [5, 5.41) is 13.3. The van der Waals surface area contributed by atoms with Crippen LogP contribution in [0.3, 0.4) is 0 Å². The van der Waals surface area contributed by atoms with E-state index in [4.69, 9.17) is 4.52 Å². The standard InChI is InChI=1S/C13H24N4O2/c1-10(18)4-5-13-14-12(15-19-13)8-11-9-16(2)6-7-17(11)3/h10-11,18H,4-9H2,1-3H3. The highest BCUT2D eigenvalue weighted by molar-refractivity contribution is 4.93. The summed E-state index contributed by atoms with van der Waals surface area (Å²) in [7, 11) is 4.29. The molecule has 1 aliphatic heterocycles. The summed E-state index contributed by atoms with van der Waals surface area (Å²) in [5.41, 5.74) is 0. The third-order valence-corrected chi connectivity index (χ3v) is 3.68. The lowest BCUT2D eigenvalue weighted by Crippen LogP contribution is -2.50. The Morgan fingerprint density at radius 1 is 1.42 bits per heavy atom. The van der Waals surface area contributed by atoms with Crippen LogP contribution in [0, 0.1) is 0 Å². The van der Waals surface area contributed by atoms with Crippen molar-refractivity contribution in [2.45, 2.75) is 38.3 Å². The number of piperazine rings is 1. The molecule has 2 unspecified atom stereocenters. The van der Waals surface area contributed by atoms with Crippen molar-refractivity contribution in [3.05, 3.63) is 11.7 Å². The lowest BCUT2D eigenvalue weighted by Gasteiger charge is -2.37. The lowest BCUT2D eigenvalue weighted by molar-refractivity contribution is 0.113. The van der Waals surface area contributed by atoms with E-state index in [1.807, 2.05) is 0 Å². The molecule has 0 aromatic carbocycles. The van der Waals surface area contributed by atoms with Crippen LogP contribution in [-0.4, -0.2) is 70.9 Å². The van der Waals surface area contributed by atoms with E-state index in [2.05, 4.69) is 34.0 Å². The van der Waals surface area contributed by atoms with Gasteiger partial charge in [-0.15, -0.1) is 0 Å². The Kier molecular flexibility index (Phi) is 4.90. The summed E-state index contributed by atoms with van der Waals surface area (Å²) in [5.74, 6) is 1.40. The van der Waals surface area contributed by atoms with Gasteiger partial charge in [-0.3, -0.25) is 0 Å². The number of aliphatic hydroxyl groups is 1. The van der Waals surface area contributed by atoms with Crippen molar-refractivity contribution in [2.75, 3.05) is 33.7 Å². The summed E-state index contributed by atoms with van der Waals surface area (Å²) in [6, 6.07) is 0.445. The zero-order chi connectivity index (χ0) is 13.8. The molecular formula is C13H24N4O2. The van der Waals surface area contributed by atoms with Crippen molar-refractivity contribution >= 4 is 0 Å². The second kappa shape index (κ2) is 6.45. The SMILES string of the molecule is CC(O)CCc1nc(CC2CN(C)CCN2C)no1. The van der Waals surface area contributed by atoms with Gasteiger partial charge in [-0.2, -0.15) is 4.98 Å².